The summed E-state index contributed by atoms with van der Waals surface area (Å²) in [6.45, 7) is 0. The van der Waals surface area contributed by atoms with Crippen LogP contribution in [0.4, 0.5) is 5.69 Å². The smallest absolute Gasteiger partial charge is 0.337 e. The third-order valence-electron chi connectivity index (χ3n) is 2.24. The van der Waals surface area contributed by atoms with Crippen molar-refractivity contribution in [3.8, 4) is 5.75 Å². The fourth-order valence-electron chi connectivity index (χ4n) is 1.38. The van der Waals surface area contributed by atoms with Gasteiger partial charge >= 0.3 is 11.7 Å². The summed E-state index contributed by atoms with van der Waals surface area (Å²) in [4.78, 5) is 31.3. The molecule has 8 nitrogen and oxygen atoms in total. The van der Waals surface area contributed by atoms with Crippen LogP contribution in [0.3, 0.4) is 0 Å². The van der Waals surface area contributed by atoms with Gasteiger partial charge in [0.05, 0.1) is 12.0 Å². The van der Waals surface area contributed by atoms with Crippen LogP contribution in [0.1, 0.15) is 22.0 Å². The van der Waals surface area contributed by atoms with Crippen LogP contribution in [0.2, 0.25) is 0 Å². The first kappa shape index (κ1) is 13.6. The summed E-state index contributed by atoms with van der Waals surface area (Å²) < 4.78 is 4.72. The van der Waals surface area contributed by atoms with Crippen LogP contribution >= 0.6 is 0 Å². The molecule has 0 spiro atoms. The highest BCUT2D eigenvalue weighted by Gasteiger charge is 2.25. The highest BCUT2D eigenvalue weighted by atomic mass is 16.6. The number of carboxylic acids is 1. The predicted molar refractivity (Wildman–Crippen MR) is 57.6 cm³/mol. The van der Waals surface area contributed by atoms with Crippen molar-refractivity contribution in [3.05, 3.63) is 33.4 Å². The maximum absolute atomic E-state index is 10.8. The average molecular weight is 255 g/mol. The fraction of sp³-hybridized carbons (Fsp3) is 0.200. The minimum Gasteiger partial charge on any atom is -0.490 e. The number of hydrogen-bond donors (Lipinski definition) is 2. The number of methoxy groups -OCH3 is 1. The molecule has 0 aliphatic carbocycles. The number of ether oxygens (including phenoxy) is 1. The van der Waals surface area contributed by atoms with Gasteiger partial charge in [-0.15, -0.1) is 0 Å². The summed E-state index contributed by atoms with van der Waals surface area (Å²) in [5.41, 5.74) is -1.03. The van der Waals surface area contributed by atoms with Crippen LogP contribution in [-0.4, -0.2) is 34.5 Å². The monoisotopic (exact) mass is 255 g/mol. The van der Waals surface area contributed by atoms with E-state index in [0.717, 1.165) is 19.2 Å². The number of aliphatic carboxylic acids is 1. The summed E-state index contributed by atoms with van der Waals surface area (Å²) in [5.74, 6) is -1.81. The lowest BCUT2D eigenvalue weighted by Gasteiger charge is -2.10. The lowest BCUT2D eigenvalue weighted by molar-refractivity contribution is -0.385. The maximum atomic E-state index is 10.8. The molecule has 2 N–H and O–H groups in total. The van der Waals surface area contributed by atoms with Crippen molar-refractivity contribution in [3.63, 3.8) is 0 Å². The number of benzene rings is 1. The first-order chi connectivity index (χ1) is 8.42. The molecule has 0 aromatic heterocycles. The van der Waals surface area contributed by atoms with E-state index in [1.54, 1.807) is 0 Å². The predicted octanol–water partition coefficient (Wildman–Crippen LogP) is 0.534. The molecule has 0 radical (unpaired) electrons. The Morgan fingerprint density at radius 3 is 2.56 bits per heavy atom. The van der Waals surface area contributed by atoms with Crippen molar-refractivity contribution in [2.45, 2.75) is 6.10 Å². The number of carbonyl (C=O) groups excluding carboxylic acids is 1. The van der Waals surface area contributed by atoms with Crippen LogP contribution in [0.25, 0.3) is 0 Å². The van der Waals surface area contributed by atoms with Crippen molar-refractivity contribution in [2.24, 2.45) is 0 Å². The summed E-state index contributed by atoms with van der Waals surface area (Å²) in [5, 5.41) is 28.7. The SMILES string of the molecule is COc1cc(C(O)C(=O)O)c(C=O)cc1[N+](=O)[O-]. The second kappa shape index (κ2) is 5.23. The van der Waals surface area contributed by atoms with Gasteiger partial charge in [-0.2, -0.15) is 0 Å². The Morgan fingerprint density at radius 1 is 1.56 bits per heavy atom. The topological polar surface area (TPSA) is 127 Å². The third-order valence-corrected chi connectivity index (χ3v) is 2.24. The molecule has 0 aliphatic rings. The number of aliphatic hydroxyl groups is 1. The largest absolute Gasteiger partial charge is 0.490 e. The van der Waals surface area contributed by atoms with E-state index in [4.69, 9.17) is 9.84 Å². The van der Waals surface area contributed by atoms with Crippen molar-refractivity contribution in [1.82, 2.24) is 0 Å². The molecule has 1 aromatic rings. The number of hydrogen-bond acceptors (Lipinski definition) is 6. The number of nitro benzene ring substituents is 1. The lowest BCUT2D eigenvalue weighted by Crippen LogP contribution is -2.13. The Morgan fingerprint density at radius 2 is 2.17 bits per heavy atom. The Balaban J connectivity index is 3.49. The zero-order chi connectivity index (χ0) is 13.9. The van der Waals surface area contributed by atoms with Crippen LogP contribution in [0.15, 0.2) is 12.1 Å². The van der Waals surface area contributed by atoms with Gasteiger partial charge in [-0.3, -0.25) is 14.9 Å². The van der Waals surface area contributed by atoms with E-state index >= 15 is 0 Å². The standard InChI is InChI=1S/C10H9NO7/c1-18-8-3-6(9(13)10(14)15)5(4-12)2-7(8)11(16)17/h2-4,9,13H,1H3,(H,14,15). The molecule has 0 saturated carbocycles. The molecule has 0 fully saturated rings. The lowest BCUT2D eigenvalue weighted by atomic mass is 10.0. The van der Waals surface area contributed by atoms with Crippen molar-refractivity contribution >= 4 is 17.9 Å². The number of rotatable bonds is 5. The molecule has 1 atom stereocenters. The van der Waals surface area contributed by atoms with Gasteiger partial charge in [0.15, 0.2) is 18.1 Å². The first-order valence-corrected chi connectivity index (χ1v) is 4.64. The van der Waals surface area contributed by atoms with Gasteiger partial charge < -0.3 is 14.9 Å². The highest BCUT2D eigenvalue weighted by Crippen LogP contribution is 2.32. The number of carbonyl (C=O) groups is 2. The van der Waals surface area contributed by atoms with E-state index in [1.807, 2.05) is 0 Å². The number of nitro groups is 1. The second-order valence-electron chi connectivity index (χ2n) is 3.27. The number of aliphatic hydroxyl groups excluding tert-OH is 1. The van der Waals surface area contributed by atoms with Crippen LogP contribution < -0.4 is 4.74 Å². The van der Waals surface area contributed by atoms with Crippen molar-refractivity contribution in [2.75, 3.05) is 7.11 Å². The van der Waals surface area contributed by atoms with Crippen molar-refractivity contribution < 1.29 is 29.5 Å². The molecule has 0 amide bonds. The molecule has 0 heterocycles. The average Bonchev–Trinajstić information content (AvgIpc) is 2.35. The van der Waals surface area contributed by atoms with E-state index in [9.17, 15) is 24.8 Å². The summed E-state index contributed by atoms with van der Waals surface area (Å²) in [6.07, 6.45) is -1.73. The molecule has 0 bridgehead atoms. The maximum Gasteiger partial charge on any atom is 0.337 e. The van der Waals surface area contributed by atoms with Gasteiger partial charge in [0.25, 0.3) is 0 Å². The molecule has 8 heteroatoms. The van der Waals surface area contributed by atoms with Gasteiger partial charge in [0.2, 0.25) is 0 Å². The number of carboxylic acid groups (broad SMARTS) is 1. The minimum atomic E-state index is -1.96. The van der Waals surface area contributed by atoms with Crippen LogP contribution in [-0.2, 0) is 4.79 Å². The van der Waals surface area contributed by atoms with E-state index < -0.39 is 22.7 Å². The molecule has 1 aromatic carbocycles. The molecule has 18 heavy (non-hydrogen) atoms. The molecule has 1 rings (SSSR count). The third kappa shape index (κ3) is 2.43. The normalized spacial score (nSPS) is 11.7. The van der Waals surface area contributed by atoms with Gasteiger partial charge in [-0.25, -0.2) is 4.79 Å². The fourth-order valence-corrected chi connectivity index (χ4v) is 1.38. The molecule has 1 unspecified atom stereocenters. The quantitative estimate of drug-likeness (QED) is 0.446. The zero-order valence-electron chi connectivity index (χ0n) is 9.19. The van der Waals surface area contributed by atoms with Gasteiger partial charge in [-0.1, -0.05) is 0 Å². The summed E-state index contributed by atoms with van der Waals surface area (Å²) >= 11 is 0. The van der Waals surface area contributed by atoms with Gasteiger partial charge in [-0.05, 0) is 6.07 Å². The number of aldehydes is 1. The van der Waals surface area contributed by atoms with Crippen molar-refractivity contribution in [1.29, 1.82) is 0 Å². The Labute approximate surface area is 101 Å². The minimum absolute atomic E-state index is 0.230. The van der Waals surface area contributed by atoms with E-state index in [-0.39, 0.29) is 23.2 Å². The summed E-state index contributed by atoms with van der Waals surface area (Å²) in [7, 11) is 1.15. The second-order valence-corrected chi connectivity index (χ2v) is 3.27. The van der Waals surface area contributed by atoms with Gasteiger partial charge in [0.1, 0.15) is 0 Å². The molecular formula is C10H9NO7. The number of nitrogens with zero attached hydrogens (tertiary/aromatic N) is 1. The molecule has 0 saturated heterocycles. The highest BCUT2D eigenvalue weighted by molar-refractivity contribution is 5.85. The molecule has 0 aliphatic heterocycles. The Bertz CT molecular complexity index is 511. The molecular weight excluding hydrogens is 246 g/mol. The van der Waals surface area contributed by atoms with E-state index in [0.29, 0.717) is 0 Å². The Hall–Kier alpha value is -2.48. The van der Waals surface area contributed by atoms with Crippen LogP contribution in [0, 0.1) is 10.1 Å². The van der Waals surface area contributed by atoms with E-state index in [2.05, 4.69) is 0 Å². The zero-order valence-corrected chi connectivity index (χ0v) is 9.19. The molecule has 96 valence electrons. The summed E-state index contributed by atoms with van der Waals surface area (Å²) in [6, 6.07) is 1.81. The van der Waals surface area contributed by atoms with Crippen LogP contribution in [0.5, 0.6) is 5.75 Å². The van der Waals surface area contributed by atoms with E-state index in [1.165, 1.54) is 0 Å². The first-order valence-electron chi connectivity index (χ1n) is 4.64. The van der Waals surface area contributed by atoms with Gasteiger partial charge in [0, 0.05) is 17.2 Å². The Kier molecular flexibility index (Phi) is 3.95.